The van der Waals surface area contributed by atoms with Gasteiger partial charge in [-0.15, -0.1) is 0 Å². The van der Waals surface area contributed by atoms with Crippen LogP contribution in [0.3, 0.4) is 0 Å². The van der Waals surface area contributed by atoms with Crippen LogP contribution in [0.5, 0.6) is 0 Å². The monoisotopic (exact) mass is 359 g/mol. The van der Waals surface area contributed by atoms with Crippen LogP contribution in [0.2, 0.25) is 0 Å². The maximum atomic E-state index is 12.5. The fourth-order valence-electron chi connectivity index (χ4n) is 1.75. The second-order valence-electron chi connectivity index (χ2n) is 4.09. The number of halogens is 1. The minimum absolute atomic E-state index is 0.143. The molecule has 3 N–H and O–H groups in total. The molecule has 0 aliphatic heterocycles. The summed E-state index contributed by atoms with van der Waals surface area (Å²) in [4.78, 5) is 4.14. The van der Waals surface area contributed by atoms with Gasteiger partial charge in [-0.25, -0.2) is 13.4 Å². The number of nitrogens with one attached hydrogen (secondary N) is 3. The van der Waals surface area contributed by atoms with Crippen molar-refractivity contribution in [2.75, 3.05) is 11.8 Å². The molecule has 0 unspecified atom stereocenters. The van der Waals surface area contributed by atoms with Crippen LogP contribution in [-0.2, 0) is 16.6 Å². The van der Waals surface area contributed by atoms with E-state index in [1.807, 2.05) is 0 Å². The Morgan fingerprint density at radius 1 is 1.45 bits per heavy atom. The minimum Gasteiger partial charge on any atom is -0.314 e. The van der Waals surface area contributed by atoms with E-state index in [9.17, 15) is 8.42 Å². The van der Waals surface area contributed by atoms with Gasteiger partial charge in [0.2, 0.25) is 0 Å². The molecule has 0 radical (unpaired) electrons. The minimum atomic E-state index is -3.75. The number of pyridine rings is 1. The van der Waals surface area contributed by atoms with E-state index in [0.29, 0.717) is 22.4 Å². The van der Waals surface area contributed by atoms with E-state index in [1.165, 1.54) is 6.20 Å². The van der Waals surface area contributed by atoms with Crippen molar-refractivity contribution in [2.24, 2.45) is 0 Å². The molecule has 108 valence electrons. The lowest BCUT2D eigenvalue weighted by Crippen LogP contribution is -2.18. The molecule has 2 rings (SSSR count). The molecule has 0 atom stereocenters. The molecule has 0 fully saturated rings. The van der Waals surface area contributed by atoms with Crippen LogP contribution in [0.25, 0.3) is 0 Å². The number of nitrogens with zero attached hydrogens (tertiary/aromatic N) is 2. The molecule has 0 aromatic carbocycles. The van der Waals surface area contributed by atoms with Gasteiger partial charge in [0, 0.05) is 12.7 Å². The molecule has 7 nitrogen and oxygen atoms in total. The summed E-state index contributed by atoms with van der Waals surface area (Å²) >= 11 is 3.25. The maximum Gasteiger partial charge on any atom is 0.266 e. The van der Waals surface area contributed by atoms with E-state index in [0.717, 1.165) is 0 Å². The predicted octanol–water partition coefficient (Wildman–Crippen LogP) is 1.40. The van der Waals surface area contributed by atoms with Crippen LogP contribution < -0.4 is 10.0 Å². The highest BCUT2D eigenvalue weighted by molar-refractivity contribution is 9.10. The summed E-state index contributed by atoms with van der Waals surface area (Å²) in [7, 11) is -2.03. The number of aromatic nitrogens is 3. The van der Waals surface area contributed by atoms with Gasteiger partial charge in [0.05, 0.1) is 15.9 Å². The Kier molecular flexibility index (Phi) is 4.41. The highest BCUT2D eigenvalue weighted by Crippen LogP contribution is 2.24. The summed E-state index contributed by atoms with van der Waals surface area (Å²) in [5, 5.41) is 9.57. The van der Waals surface area contributed by atoms with Gasteiger partial charge < -0.3 is 5.32 Å². The molecule has 20 heavy (non-hydrogen) atoms. The predicted molar refractivity (Wildman–Crippen MR) is 78.8 cm³/mol. The molecule has 2 aromatic rings. The standard InChI is InChI=1S/C11H14BrN5O2S/c1-7-10(9(6-13-2)16-15-7)20(18,19)17-11-8(12)4-3-5-14-11/h3-5,13H,6H2,1-2H3,(H,14,17)(H,15,16). The van der Waals surface area contributed by atoms with Crippen molar-refractivity contribution >= 4 is 31.8 Å². The molecule has 2 heterocycles. The summed E-state index contributed by atoms with van der Waals surface area (Å²) in [6, 6.07) is 3.42. The van der Waals surface area contributed by atoms with Gasteiger partial charge in [-0.1, -0.05) is 0 Å². The molecule has 0 aliphatic rings. The first-order chi connectivity index (χ1) is 9.45. The van der Waals surface area contributed by atoms with Crippen molar-refractivity contribution in [1.29, 1.82) is 0 Å². The second-order valence-corrected chi connectivity index (χ2v) is 6.57. The Bertz CT molecular complexity index is 713. The summed E-state index contributed by atoms with van der Waals surface area (Å²) < 4.78 is 28.0. The summed E-state index contributed by atoms with van der Waals surface area (Å²) in [5.41, 5.74) is 0.916. The van der Waals surface area contributed by atoms with Gasteiger partial charge in [-0.2, -0.15) is 5.10 Å². The first-order valence-electron chi connectivity index (χ1n) is 5.77. The number of aromatic amines is 1. The van der Waals surface area contributed by atoms with Gasteiger partial charge in [-0.3, -0.25) is 9.82 Å². The number of rotatable bonds is 5. The van der Waals surface area contributed by atoms with Crippen LogP contribution in [0.1, 0.15) is 11.4 Å². The lowest BCUT2D eigenvalue weighted by atomic mass is 10.4. The van der Waals surface area contributed by atoms with Gasteiger partial charge in [0.1, 0.15) is 4.90 Å². The zero-order chi connectivity index (χ0) is 14.8. The van der Waals surface area contributed by atoms with Crippen molar-refractivity contribution in [3.63, 3.8) is 0 Å². The van der Waals surface area contributed by atoms with Crippen LogP contribution in [0.15, 0.2) is 27.7 Å². The normalized spacial score (nSPS) is 11.6. The highest BCUT2D eigenvalue weighted by atomic mass is 79.9. The van der Waals surface area contributed by atoms with Crippen LogP contribution in [-0.4, -0.2) is 30.6 Å². The fraction of sp³-hybridized carbons (Fsp3) is 0.273. The first kappa shape index (κ1) is 14.9. The number of anilines is 1. The third-order valence-corrected chi connectivity index (χ3v) is 4.74. The molecular weight excluding hydrogens is 346 g/mol. The van der Waals surface area contributed by atoms with Crippen LogP contribution in [0, 0.1) is 6.92 Å². The second kappa shape index (κ2) is 5.90. The molecule has 2 aromatic heterocycles. The molecule has 9 heteroatoms. The maximum absolute atomic E-state index is 12.5. The lowest BCUT2D eigenvalue weighted by Gasteiger charge is -2.09. The third-order valence-electron chi connectivity index (χ3n) is 2.56. The number of hydrogen-bond donors (Lipinski definition) is 3. The van der Waals surface area contributed by atoms with Crippen LogP contribution >= 0.6 is 15.9 Å². The smallest absolute Gasteiger partial charge is 0.266 e. The fourth-order valence-corrected chi connectivity index (χ4v) is 3.63. The van der Waals surface area contributed by atoms with Crippen molar-refractivity contribution in [3.8, 4) is 0 Å². The molecule has 0 amide bonds. The van der Waals surface area contributed by atoms with E-state index in [2.05, 4.69) is 41.2 Å². The Morgan fingerprint density at radius 2 is 2.20 bits per heavy atom. The van der Waals surface area contributed by atoms with Gasteiger partial charge in [-0.05, 0) is 42.0 Å². The number of aryl methyl sites for hydroxylation is 1. The van der Waals surface area contributed by atoms with Crippen molar-refractivity contribution in [3.05, 3.63) is 34.2 Å². The molecule has 0 aliphatic carbocycles. The quantitative estimate of drug-likeness (QED) is 0.748. The number of hydrogen-bond acceptors (Lipinski definition) is 5. The summed E-state index contributed by atoms with van der Waals surface area (Å²) in [5.74, 6) is 0.239. The SMILES string of the molecule is CNCc1n[nH]c(C)c1S(=O)(=O)Nc1ncccc1Br. The van der Waals surface area contributed by atoms with E-state index >= 15 is 0 Å². The van der Waals surface area contributed by atoms with E-state index < -0.39 is 10.0 Å². The largest absolute Gasteiger partial charge is 0.314 e. The molecule has 0 spiro atoms. The summed E-state index contributed by atoms with van der Waals surface area (Å²) in [6.45, 7) is 2.01. The van der Waals surface area contributed by atoms with Crippen molar-refractivity contribution < 1.29 is 8.42 Å². The van der Waals surface area contributed by atoms with Gasteiger partial charge in [0.25, 0.3) is 10.0 Å². The number of sulfonamides is 1. The topological polar surface area (TPSA) is 99.8 Å². The van der Waals surface area contributed by atoms with E-state index in [4.69, 9.17) is 0 Å². The van der Waals surface area contributed by atoms with Gasteiger partial charge >= 0.3 is 0 Å². The molecule has 0 bridgehead atoms. The molecular formula is C11H14BrN5O2S. The van der Waals surface area contributed by atoms with Crippen molar-refractivity contribution in [1.82, 2.24) is 20.5 Å². The van der Waals surface area contributed by atoms with Crippen LogP contribution in [0.4, 0.5) is 5.82 Å². The Hall–Kier alpha value is -1.45. The average molecular weight is 360 g/mol. The lowest BCUT2D eigenvalue weighted by molar-refractivity contribution is 0.598. The third kappa shape index (κ3) is 3.00. The average Bonchev–Trinajstić information content (AvgIpc) is 2.74. The van der Waals surface area contributed by atoms with Crippen molar-refractivity contribution in [2.45, 2.75) is 18.4 Å². The van der Waals surface area contributed by atoms with E-state index in [-0.39, 0.29) is 10.7 Å². The van der Waals surface area contributed by atoms with Gasteiger partial charge in [0.15, 0.2) is 5.82 Å². The highest BCUT2D eigenvalue weighted by Gasteiger charge is 2.25. The molecule has 0 saturated carbocycles. The molecule has 0 saturated heterocycles. The summed E-state index contributed by atoms with van der Waals surface area (Å²) in [6.07, 6.45) is 1.51. The zero-order valence-corrected chi connectivity index (χ0v) is 13.3. The zero-order valence-electron chi connectivity index (χ0n) is 10.9. The first-order valence-corrected chi connectivity index (χ1v) is 8.05. The van der Waals surface area contributed by atoms with E-state index in [1.54, 1.807) is 26.1 Å². The Balaban J connectivity index is 2.41. The number of H-pyrrole nitrogens is 1. The Morgan fingerprint density at radius 3 is 2.85 bits per heavy atom. The Labute approximate surface area is 125 Å².